The lowest BCUT2D eigenvalue weighted by Gasteiger charge is -2.21. The molecule has 1 saturated heterocycles. The predicted octanol–water partition coefficient (Wildman–Crippen LogP) is 6.25. The van der Waals surface area contributed by atoms with Gasteiger partial charge in [-0.2, -0.15) is 4.99 Å². The first kappa shape index (κ1) is 34.9. The van der Waals surface area contributed by atoms with E-state index in [-0.39, 0.29) is 22.6 Å². The maximum Gasteiger partial charge on any atom is 0.573 e. The van der Waals surface area contributed by atoms with Gasteiger partial charge in [0.15, 0.2) is 11.0 Å². The summed E-state index contributed by atoms with van der Waals surface area (Å²) in [6, 6.07) is 19.3. The van der Waals surface area contributed by atoms with Crippen molar-refractivity contribution in [3.63, 3.8) is 0 Å². The second-order valence-electron chi connectivity index (χ2n) is 10.7. The molecular weight excluding hydrogens is 663 g/mol. The monoisotopic (exact) mass is 695 g/mol. The Bertz CT molecular complexity index is 1810. The van der Waals surface area contributed by atoms with Gasteiger partial charge < -0.3 is 20.1 Å². The van der Waals surface area contributed by atoms with Crippen LogP contribution < -0.4 is 20.3 Å². The Balaban J connectivity index is 1.22. The number of hydrogen-bond donors (Lipinski definition) is 2. The van der Waals surface area contributed by atoms with Crippen LogP contribution in [0.15, 0.2) is 84.1 Å². The maximum absolute atomic E-state index is 13.1. The summed E-state index contributed by atoms with van der Waals surface area (Å²) < 4.78 is 47.4. The number of urea groups is 1. The van der Waals surface area contributed by atoms with E-state index >= 15 is 0 Å². The van der Waals surface area contributed by atoms with Crippen molar-refractivity contribution in [1.82, 2.24) is 25.4 Å². The summed E-state index contributed by atoms with van der Waals surface area (Å²) in [7, 11) is 1.21. The minimum absolute atomic E-state index is 0.149. The van der Waals surface area contributed by atoms with Crippen molar-refractivity contribution in [1.29, 1.82) is 0 Å². The van der Waals surface area contributed by atoms with Gasteiger partial charge in [0.1, 0.15) is 18.2 Å². The van der Waals surface area contributed by atoms with Crippen LogP contribution in [-0.2, 0) is 22.4 Å². The fraction of sp³-hybridized carbons (Fsp3) is 0.273. The molecular formula is C33H32F3N7O5S. The first-order valence-electron chi connectivity index (χ1n) is 15.2. The summed E-state index contributed by atoms with van der Waals surface area (Å²) in [5.41, 5.74) is 3.74. The summed E-state index contributed by atoms with van der Waals surface area (Å²) in [5, 5.41) is 9.97. The number of thioether (sulfide) groups is 1. The Morgan fingerprint density at radius 3 is 2.45 bits per heavy atom. The SMILES string of the molecule is CCCc1ccccc1N1C(=O)CS/C1=N\C(=O)NC(CCc1ccc(-c2ncn(-c3ccc(OC(F)(F)F)cc3)n2)cc1)NC(=O)OC. The molecule has 256 valence electrons. The van der Waals surface area contributed by atoms with Crippen LogP contribution in [0.2, 0.25) is 0 Å². The van der Waals surface area contributed by atoms with E-state index in [0.29, 0.717) is 35.6 Å². The molecule has 4 aromatic rings. The zero-order chi connectivity index (χ0) is 35.0. The van der Waals surface area contributed by atoms with E-state index in [0.717, 1.165) is 24.0 Å². The van der Waals surface area contributed by atoms with Crippen molar-refractivity contribution in [3.8, 4) is 22.8 Å². The Morgan fingerprint density at radius 2 is 1.76 bits per heavy atom. The van der Waals surface area contributed by atoms with Crippen molar-refractivity contribution in [2.45, 2.75) is 45.1 Å². The number of amides is 4. The highest BCUT2D eigenvalue weighted by Crippen LogP contribution is 2.30. The fourth-order valence-corrected chi connectivity index (χ4v) is 5.85. The van der Waals surface area contributed by atoms with Crippen molar-refractivity contribution >= 4 is 40.6 Å². The van der Waals surface area contributed by atoms with Gasteiger partial charge in [0.2, 0.25) is 5.91 Å². The zero-order valence-electron chi connectivity index (χ0n) is 26.4. The Kier molecular flexibility index (Phi) is 11.2. The Morgan fingerprint density at radius 1 is 1.02 bits per heavy atom. The molecule has 2 N–H and O–H groups in total. The number of alkyl halides is 3. The fourth-order valence-electron chi connectivity index (χ4n) is 4.99. The van der Waals surface area contributed by atoms with Crippen LogP contribution in [0.3, 0.4) is 0 Å². The molecule has 5 rings (SSSR count). The number of para-hydroxylation sites is 1. The topological polar surface area (TPSA) is 140 Å². The molecule has 0 aliphatic carbocycles. The average Bonchev–Trinajstić information content (AvgIpc) is 3.71. The number of carbonyl (C=O) groups excluding carboxylic acids is 3. The number of amidine groups is 1. The van der Waals surface area contributed by atoms with Crippen molar-refractivity contribution in [3.05, 3.63) is 90.3 Å². The quantitative estimate of drug-likeness (QED) is 0.176. The number of ether oxygens (including phenoxy) is 2. The largest absolute Gasteiger partial charge is 0.573 e. The molecule has 0 bridgehead atoms. The third-order valence-electron chi connectivity index (χ3n) is 7.25. The summed E-state index contributed by atoms with van der Waals surface area (Å²) in [6.07, 6.45) is -2.52. The number of nitrogens with one attached hydrogen (secondary N) is 2. The molecule has 2 heterocycles. The van der Waals surface area contributed by atoms with Gasteiger partial charge in [-0.25, -0.2) is 19.3 Å². The number of carbonyl (C=O) groups is 3. The van der Waals surface area contributed by atoms with E-state index in [1.807, 2.05) is 55.5 Å². The van der Waals surface area contributed by atoms with Gasteiger partial charge in [0.25, 0.3) is 0 Å². The van der Waals surface area contributed by atoms with Crippen molar-refractivity contribution < 1.29 is 37.0 Å². The van der Waals surface area contributed by atoms with Gasteiger partial charge in [0.05, 0.1) is 24.2 Å². The molecule has 1 aliphatic heterocycles. The molecule has 1 atom stereocenters. The molecule has 0 spiro atoms. The van der Waals surface area contributed by atoms with Gasteiger partial charge >= 0.3 is 18.5 Å². The summed E-state index contributed by atoms with van der Waals surface area (Å²) >= 11 is 1.17. The van der Waals surface area contributed by atoms with Crippen LogP contribution in [0.25, 0.3) is 17.1 Å². The molecule has 1 fully saturated rings. The second kappa shape index (κ2) is 15.7. The molecule has 16 heteroatoms. The number of hydrogen-bond acceptors (Lipinski definition) is 8. The van der Waals surface area contributed by atoms with Gasteiger partial charge in [-0.15, -0.1) is 18.3 Å². The number of aliphatic imine (C=N–C) groups is 1. The van der Waals surface area contributed by atoms with Gasteiger partial charge in [0, 0.05) is 5.56 Å². The highest BCUT2D eigenvalue weighted by Gasteiger charge is 2.32. The number of anilines is 1. The van der Waals surface area contributed by atoms with E-state index in [1.54, 1.807) is 0 Å². The second-order valence-corrected chi connectivity index (χ2v) is 11.7. The summed E-state index contributed by atoms with van der Waals surface area (Å²) in [5.74, 6) is 0.0245. The number of alkyl carbamates (subject to hydrolysis) is 1. The lowest BCUT2D eigenvalue weighted by molar-refractivity contribution is -0.274. The number of aromatic nitrogens is 3. The number of methoxy groups -OCH3 is 1. The molecule has 4 amide bonds. The summed E-state index contributed by atoms with van der Waals surface area (Å²) in [6.45, 7) is 2.05. The van der Waals surface area contributed by atoms with E-state index in [2.05, 4.69) is 30.4 Å². The zero-order valence-corrected chi connectivity index (χ0v) is 27.3. The average molecular weight is 696 g/mol. The highest BCUT2D eigenvalue weighted by molar-refractivity contribution is 8.15. The van der Waals surface area contributed by atoms with Crippen LogP contribution in [0.1, 0.15) is 30.9 Å². The molecule has 0 radical (unpaired) electrons. The maximum atomic E-state index is 13.1. The van der Waals surface area contributed by atoms with Crippen molar-refractivity contribution in [2.75, 3.05) is 17.8 Å². The lowest BCUT2D eigenvalue weighted by Crippen LogP contribution is -2.47. The molecule has 1 aliphatic rings. The minimum atomic E-state index is -4.78. The van der Waals surface area contributed by atoms with Gasteiger partial charge in [-0.05, 0) is 60.7 Å². The van der Waals surface area contributed by atoms with E-state index in [4.69, 9.17) is 4.74 Å². The summed E-state index contributed by atoms with van der Waals surface area (Å²) in [4.78, 5) is 47.9. The molecule has 49 heavy (non-hydrogen) atoms. The van der Waals surface area contributed by atoms with Crippen LogP contribution in [0.4, 0.5) is 28.4 Å². The highest BCUT2D eigenvalue weighted by atomic mass is 32.2. The van der Waals surface area contributed by atoms with Crippen molar-refractivity contribution in [2.24, 2.45) is 4.99 Å². The van der Waals surface area contributed by atoms with E-state index in [9.17, 15) is 27.6 Å². The lowest BCUT2D eigenvalue weighted by atomic mass is 10.1. The first-order valence-corrected chi connectivity index (χ1v) is 16.2. The van der Waals surface area contributed by atoms with Crippen LogP contribution in [-0.4, -0.2) is 63.4 Å². The smallest absolute Gasteiger partial charge is 0.453 e. The minimum Gasteiger partial charge on any atom is -0.453 e. The van der Waals surface area contributed by atoms with Gasteiger partial charge in [-0.1, -0.05) is 67.6 Å². The number of nitrogens with zero attached hydrogens (tertiary/aromatic N) is 5. The van der Waals surface area contributed by atoms with Crippen LogP contribution >= 0.6 is 11.8 Å². The number of aryl methyl sites for hydroxylation is 2. The number of benzene rings is 3. The van der Waals surface area contributed by atoms with E-state index < -0.39 is 24.7 Å². The normalized spacial score (nSPS) is 14.5. The standard InChI is InChI=1S/C33H32F3N7O5S/c1-3-6-22-7-4-5-8-26(22)43-28(44)19-49-31(43)40-30(45)38-27(39-32(46)47-2)18-11-21-9-12-23(13-10-21)29-37-20-42(41-29)24-14-16-25(17-15-24)48-33(34,35)36/h4-5,7-10,12-17,20,27H,3,6,11,18-19H2,1-2H3,(H,38,45)(H,39,46)/b40-31-. The third kappa shape index (κ3) is 9.37. The molecule has 0 saturated carbocycles. The predicted molar refractivity (Wildman–Crippen MR) is 177 cm³/mol. The van der Waals surface area contributed by atoms with Crippen LogP contribution in [0.5, 0.6) is 5.75 Å². The van der Waals surface area contributed by atoms with Crippen LogP contribution in [0, 0.1) is 0 Å². The molecule has 1 aromatic heterocycles. The Labute approximate surface area is 283 Å². The number of rotatable bonds is 11. The molecule has 3 aromatic carbocycles. The third-order valence-corrected chi connectivity index (χ3v) is 8.17. The first-order chi connectivity index (χ1) is 23.5. The Hall–Kier alpha value is -5.38. The molecule has 1 unspecified atom stereocenters. The van der Waals surface area contributed by atoms with Gasteiger partial charge in [-0.3, -0.25) is 9.69 Å². The number of halogens is 3. The molecule has 12 nitrogen and oxygen atoms in total. The van der Waals surface area contributed by atoms with E-state index in [1.165, 1.54) is 59.0 Å².